The van der Waals surface area contributed by atoms with Gasteiger partial charge in [-0.2, -0.15) is 0 Å². The van der Waals surface area contributed by atoms with Crippen molar-refractivity contribution in [3.63, 3.8) is 0 Å². The minimum atomic E-state index is -1.83. The number of hydrogen-bond donors (Lipinski definition) is 3. The number of nitrogens with two attached hydrogens (primary N) is 1. The van der Waals surface area contributed by atoms with Gasteiger partial charge < -0.3 is 15.9 Å². The number of benzene rings is 1. The van der Waals surface area contributed by atoms with Crippen LogP contribution >= 0.6 is 0 Å². The molecule has 0 aromatic heterocycles. The molecular weight excluding hydrogens is 197 g/mol. The Morgan fingerprint density at radius 3 is 1.85 bits per heavy atom. The summed E-state index contributed by atoms with van der Waals surface area (Å²) in [4.78, 5) is 8.56. The van der Waals surface area contributed by atoms with Crippen LogP contribution in [0.4, 0.5) is 4.79 Å². The van der Waals surface area contributed by atoms with Crippen molar-refractivity contribution in [1.82, 2.24) is 0 Å². The topological polar surface area (TPSA) is 83.6 Å². The molecule has 0 saturated carbocycles. The molecule has 0 aliphatic rings. The zero-order chi connectivity index (χ0) is 9.40. The van der Waals surface area contributed by atoms with Crippen molar-refractivity contribution in [2.45, 2.75) is 6.54 Å². The van der Waals surface area contributed by atoms with Crippen LogP contribution in [0.3, 0.4) is 0 Å². The van der Waals surface area contributed by atoms with Gasteiger partial charge in [0.25, 0.3) is 0 Å². The summed E-state index contributed by atoms with van der Waals surface area (Å²) >= 11 is 0. The third-order valence-corrected chi connectivity index (χ3v) is 1.08. The van der Waals surface area contributed by atoms with Gasteiger partial charge in [-0.3, -0.25) is 0 Å². The van der Waals surface area contributed by atoms with Crippen molar-refractivity contribution in [3.05, 3.63) is 35.9 Å². The van der Waals surface area contributed by atoms with Crippen LogP contribution in [0.1, 0.15) is 5.56 Å². The molecule has 0 aliphatic carbocycles. The first-order valence-electron chi connectivity index (χ1n) is 3.32. The molecule has 4 nitrogen and oxygen atoms in total. The van der Waals surface area contributed by atoms with Gasteiger partial charge in [0.15, 0.2) is 0 Å². The third kappa shape index (κ3) is 12.1. The van der Waals surface area contributed by atoms with E-state index in [1.54, 1.807) is 0 Å². The molecule has 0 amide bonds. The van der Waals surface area contributed by atoms with Gasteiger partial charge in [-0.15, -0.1) is 0 Å². The molecule has 1 aromatic carbocycles. The predicted octanol–water partition coefficient (Wildman–Crippen LogP) is 0.719. The van der Waals surface area contributed by atoms with E-state index in [-0.39, 0.29) is 51.4 Å². The van der Waals surface area contributed by atoms with Crippen molar-refractivity contribution < 1.29 is 15.0 Å². The van der Waals surface area contributed by atoms with Crippen molar-refractivity contribution >= 4 is 57.5 Å². The molecule has 0 radical (unpaired) electrons. The van der Waals surface area contributed by atoms with Gasteiger partial charge >= 0.3 is 57.5 Å². The summed E-state index contributed by atoms with van der Waals surface area (Å²) < 4.78 is 0. The normalized spacial score (nSPS) is 7.46. The third-order valence-electron chi connectivity index (χ3n) is 1.08. The molecular formula is C8H12KNO3. The molecule has 4 N–H and O–H groups in total. The quantitative estimate of drug-likeness (QED) is 0.595. The summed E-state index contributed by atoms with van der Waals surface area (Å²) in [6, 6.07) is 9.99. The molecule has 1 aromatic rings. The number of carboxylic acid groups (broad SMARTS) is 2. The summed E-state index contributed by atoms with van der Waals surface area (Å²) in [5.74, 6) is 0. The van der Waals surface area contributed by atoms with Gasteiger partial charge in [0.1, 0.15) is 0 Å². The summed E-state index contributed by atoms with van der Waals surface area (Å²) in [6.07, 6.45) is -1.83. The van der Waals surface area contributed by atoms with Crippen molar-refractivity contribution in [2.24, 2.45) is 5.73 Å². The van der Waals surface area contributed by atoms with Crippen LogP contribution in [0.5, 0.6) is 0 Å². The Morgan fingerprint density at radius 1 is 1.23 bits per heavy atom. The summed E-state index contributed by atoms with van der Waals surface area (Å²) in [6.45, 7) is 0.640. The van der Waals surface area contributed by atoms with Crippen LogP contribution in [-0.4, -0.2) is 67.8 Å². The standard InChI is InChI=1S/C7H9N.CH2O3.K.H/c8-6-7-4-2-1-3-5-7;2-1(3)4;;/h1-5H,6,8H2;(H2,2,3,4);;. The molecule has 0 unspecified atom stereocenters. The van der Waals surface area contributed by atoms with E-state index in [9.17, 15) is 0 Å². The average Bonchev–Trinajstić information content (AvgIpc) is 2.05. The van der Waals surface area contributed by atoms with Gasteiger partial charge in [0.2, 0.25) is 0 Å². The number of hydrogen-bond acceptors (Lipinski definition) is 2. The first-order chi connectivity index (χ1) is 5.66. The van der Waals surface area contributed by atoms with E-state index >= 15 is 0 Å². The zero-order valence-corrected chi connectivity index (χ0v) is 6.47. The molecule has 0 spiro atoms. The fourth-order valence-corrected chi connectivity index (χ4v) is 0.614. The summed E-state index contributed by atoms with van der Waals surface area (Å²) in [7, 11) is 0. The molecule has 0 saturated heterocycles. The Morgan fingerprint density at radius 2 is 1.62 bits per heavy atom. The van der Waals surface area contributed by atoms with E-state index in [2.05, 4.69) is 0 Å². The summed E-state index contributed by atoms with van der Waals surface area (Å²) in [5.41, 5.74) is 6.54. The Labute approximate surface area is 119 Å². The van der Waals surface area contributed by atoms with E-state index < -0.39 is 6.16 Å². The van der Waals surface area contributed by atoms with Crippen LogP contribution in [0, 0.1) is 0 Å². The minimum absolute atomic E-state index is 0. The average molecular weight is 209 g/mol. The first-order valence-corrected chi connectivity index (χ1v) is 3.32. The molecule has 5 heteroatoms. The SMILES string of the molecule is NCc1ccccc1.O=C(O)O.[KH]. The number of carbonyl (C=O) groups is 1. The molecule has 0 bridgehead atoms. The summed E-state index contributed by atoms with van der Waals surface area (Å²) in [5, 5.41) is 13.9. The van der Waals surface area contributed by atoms with Crippen LogP contribution in [0.25, 0.3) is 0 Å². The number of rotatable bonds is 1. The monoisotopic (exact) mass is 209 g/mol. The molecule has 0 atom stereocenters. The second kappa shape index (κ2) is 10.2. The Balaban J connectivity index is 0. The van der Waals surface area contributed by atoms with Gasteiger partial charge in [0.05, 0.1) is 0 Å². The molecule has 68 valence electrons. The van der Waals surface area contributed by atoms with E-state index in [0.29, 0.717) is 6.54 Å². The molecule has 13 heavy (non-hydrogen) atoms. The van der Waals surface area contributed by atoms with Crippen LogP contribution < -0.4 is 5.73 Å². The second-order valence-electron chi connectivity index (χ2n) is 1.97. The van der Waals surface area contributed by atoms with Crippen LogP contribution in [0.2, 0.25) is 0 Å². The Kier molecular flexibility index (Phi) is 12.2. The van der Waals surface area contributed by atoms with Gasteiger partial charge in [-0.25, -0.2) is 4.79 Å². The van der Waals surface area contributed by atoms with E-state index in [0.717, 1.165) is 0 Å². The zero-order valence-electron chi connectivity index (χ0n) is 6.47. The predicted molar refractivity (Wildman–Crippen MR) is 52.1 cm³/mol. The van der Waals surface area contributed by atoms with E-state index in [1.165, 1.54) is 5.56 Å². The fourth-order valence-electron chi connectivity index (χ4n) is 0.614. The van der Waals surface area contributed by atoms with E-state index in [1.807, 2.05) is 30.3 Å². The van der Waals surface area contributed by atoms with Crippen molar-refractivity contribution in [3.8, 4) is 0 Å². The van der Waals surface area contributed by atoms with Gasteiger partial charge in [-0.1, -0.05) is 30.3 Å². The Bertz CT molecular complexity index is 224. The molecule has 1 rings (SSSR count). The first kappa shape index (κ1) is 15.6. The second-order valence-corrected chi connectivity index (χ2v) is 1.97. The molecule has 0 heterocycles. The fraction of sp³-hybridized carbons (Fsp3) is 0.125. The van der Waals surface area contributed by atoms with E-state index in [4.69, 9.17) is 20.7 Å². The molecule has 0 fully saturated rings. The maximum absolute atomic E-state index is 8.56. The van der Waals surface area contributed by atoms with Crippen LogP contribution in [0.15, 0.2) is 30.3 Å². The van der Waals surface area contributed by atoms with Crippen molar-refractivity contribution in [1.29, 1.82) is 0 Å². The Hall–Kier alpha value is 0.0864. The van der Waals surface area contributed by atoms with Crippen LogP contribution in [-0.2, 0) is 6.54 Å². The maximum atomic E-state index is 8.56. The van der Waals surface area contributed by atoms with Gasteiger partial charge in [0, 0.05) is 6.54 Å². The molecule has 0 aliphatic heterocycles. The van der Waals surface area contributed by atoms with Crippen molar-refractivity contribution in [2.75, 3.05) is 0 Å². The van der Waals surface area contributed by atoms with Gasteiger partial charge in [-0.05, 0) is 5.56 Å².